The van der Waals surface area contributed by atoms with E-state index in [0.29, 0.717) is 5.82 Å². The van der Waals surface area contributed by atoms with Crippen LogP contribution in [0.3, 0.4) is 0 Å². The molecule has 274 valence electrons. The fourth-order valence-corrected chi connectivity index (χ4v) is 9.21. The number of ether oxygens (including phenoxy) is 1. The zero-order valence-corrected chi connectivity index (χ0v) is 32.1. The number of aryl methyl sites for hydroxylation is 2. The zero-order valence-electron chi connectivity index (χ0n) is 32.1. The first-order valence-electron chi connectivity index (χ1n) is 19.8. The minimum Gasteiger partial charge on any atom is -0.457 e. The van der Waals surface area contributed by atoms with Crippen LogP contribution < -0.4 is 4.74 Å². The Kier molecular flexibility index (Phi) is 7.80. The number of hydrogen-bond acceptors (Lipinski definition) is 4. The van der Waals surface area contributed by atoms with Crippen molar-refractivity contribution >= 4 is 0 Å². The van der Waals surface area contributed by atoms with Crippen LogP contribution >= 0.6 is 0 Å². The van der Waals surface area contributed by atoms with E-state index < -0.39 is 5.41 Å². The molecule has 0 saturated carbocycles. The summed E-state index contributed by atoms with van der Waals surface area (Å²) in [6.45, 7) is 4.18. The number of nitrogens with zero attached hydrogens (tertiary/aromatic N) is 3. The second kappa shape index (κ2) is 13.4. The Bertz CT molecular complexity index is 2960. The first-order chi connectivity index (χ1) is 28.6. The molecule has 2 aliphatic rings. The number of pyridine rings is 1. The molecule has 0 bridgehead atoms. The molecule has 0 unspecified atom stereocenters. The zero-order chi connectivity index (χ0) is 38.8. The van der Waals surface area contributed by atoms with Crippen molar-refractivity contribution < 1.29 is 4.74 Å². The summed E-state index contributed by atoms with van der Waals surface area (Å²) >= 11 is 0. The summed E-state index contributed by atoms with van der Waals surface area (Å²) in [7, 11) is 0. The molecular formula is C54H37N3O. The fourth-order valence-electron chi connectivity index (χ4n) is 9.21. The summed E-state index contributed by atoms with van der Waals surface area (Å²) in [5.74, 6) is 2.40. The van der Waals surface area contributed by atoms with Crippen molar-refractivity contribution in [3.63, 3.8) is 0 Å². The lowest BCUT2D eigenvalue weighted by atomic mass is 9.66. The monoisotopic (exact) mass is 743 g/mol. The molecule has 0 atom stereocenters. The second-order valence-corrected chi connectivity index (χ2v) is 15.2. The number of hydrogen-bond donors (Lipinski definition) is 0. The molecule has 1 aliphatic carbocycles. The highest BCUT2D eigenvalue weighted by molar-refractivity contribution is 5.97. The molecule has 0 amide bonds. The van der Waals surface area contributed by atoms with E-state index in [-0.39, 0.29) is 0 Å². The Morgan fingerprint density at radius 3 is 1.67 bits per heavy atom. The summed E-state index contributed by atoms with van der Waals surface area (Å²) in [6, 6.07) is 64.7. The molecule has 7 aromatic carbocycles. The van der Waals surface area contributed by atoms with Gasteiger partial charge in [-0.1, -0.05) is 146 Å². The van der Waals surface area contributed by atoms with Crippen LogP contribution in [0.25, 0.3) is 67.3 Å². The van der Waals surface area contributed by atoms with Crippen molar-refractivity contribution in [2.24, 2.45) is 0 Å². The highest BCUT2D eigenvalue weighted by atomic mass is 16.5. The molecular weight excluding hydrogens is 707 g/mol. The molecule has 3 heterocycles. The maximum atomic E-state index is 6.68. The van der Waals surface area contributed by atoms with Crippen molar-refractivity contribution in [1.29, 1.82) is 0 Å². The summed E-state index contributed by atoms with van der Waals surface area (Å²) in [5, 5.41) is 0. The smallest absolute Gasteiger partial charge is 0.161 e. The van der Waals surface area contributed by atoms with Crippen molar-refractivity contribution in [3.05, 3.63) is 222 Å². The average Bonchev–Trinajstić information content (AvgIpc) is 3.58. The Hall–Kier alpha value is -7.43. The molecule has 4 nitrogen and oxygen atoms in total. The van der Waals surface area contributed by atoms with E-state index >= 15 is 0 Å². The molecule has 0 N–H and O–H groups in total. The van der Waals surface area contributed by atoms with Gasteiger partial charge in [0.15, 0.2) is 5.82 Å². The molecule has 4 heteroatoms. The van der Waals surface area contributed by atoms with Gasteiger partial charge in [0.25, 0.3) is 0 Å². The van der Waals surface area contributed by atoms with E-state index in [0.717, 1.165) is 84.2 Å². The summed E-state index contributed by atoms with van der Waals surface area (Å²) in [5.41, 5.74) is 17.9. The lowest BCUT2D eigenvalue weighted by molar-refractivity contribution is 0.436. The summed E-state index contributed by atoms with van der Waals surface area (Å²) < 4.78 is 6.68. The third-order valence-electron chi connectivity index (χ3n) is 11.8. The van der Waals surface area contributed by atoms with E-state index in [4.69, 9.17) is 14.7 Å². The SMILES string of the molecule is Cc1cc(-c2cccc(-c3ccc4c(c3)-c3c(-c5nc(-c6ccccc6)cc(-c6ccccc6)n5)cccc3C43c4ccccc4Oc4ccccc43)c2)c(C)cn1. The molecule has 0 radical (unpaired) electrons. The quantitative estimate of drug-likeness (QED) is 0.176. The van der Waals surface area contributed by atoms with Gasteiger partial charge in [0.05, 0.1) is 16.8 Å². The van der Waals surface area contributed by atoms with Crippen molar-refractivity contribution in [2.45, 2.75) is 19.3 Å². The molecule has 0 fully saturated rings. The van der Waals surface area contributed by atoms with E-state index in [1.807, 2.05) is 25.3 Å². The second-order valence-electron chi connectivity index (χ2n) is 15.2. The van der Waals surface area contributed by atoms with Gasteiger partial charge < -0.3 is 4.74 Å². The largest absolute Gasteiger partial charge is 0.457 e. The Morgan fingerprint density at radius 1 is 0.414 bits per heavy atom. The highest BCUT2D eigenvalue weighted by Gasteiger charge is 2.51. The van der Waals surface area contributed by atoms with Gasteiger partial charge in [-0.25, -0.2) is 9.97 Å². The molecule has 1 aliphatic heterocycles. The topological polar surface area (TPSA) is 47.9 Å². The molecule has 9 aromatic rings. The van der Waals surface area contributed by atoms with Gasteiger partial charge in [0.2, 0.25) is 0 Å². The van der Waals surface area contributed by atoms with Crippen molar-refractivity contribution in [3.8, 4) is 78.8 Å². The van der Waals surface area contributed by atoms with E-state index in [1.165, 1.54) is 22.3 Å². The lowest BCUT2D eigenvalue weighted by Crippen LogP contribution is -2.32. The first-order valence-corrected chi connectivity index (χ1v) is 19.8. The number of aromatic nitrogens is 3. The number of benzene rings is 7. The number of rotatable bonds is 5. The van der Waals surface area contributed by atoms with Crippen LogP contribution in [0.4, 0.5) is 0 Å². The standard InChI is InChI=1S/C54H37N3O/c1-34-33-55-35(2)29-42(34)40-20-13-19-38(30-40)39-27-28-44-43(31-39)52-41(53-56-48(36-15-5-3-6-16-36)32-49(57-53)37-17-7-4-8-18-37)21-14-24-47(52)54(44)45-22-9-11-25-50(45)58-51-26-12-10-23-46(51)54/h3-33H,1-2H3. The Balaban J connectivity index is 1.20. The maximum absolute atomic E-state index is 6.68. The first kappa shape index (κ1) is 33.9. The lowest BCUT2D eigenvalue weighted by Gasteiger charge is -2.39. The van der Waals surface area contributed by atoms with Gasteiger partial charge >= 0.3 is 0 Å². The highest BCUT2D eigenvalue weighted by Crippen LogP contribution is 2.63. The van der Waals surface area contributed by atoms with Crippen LogP contribution in [0, 0.1) is 13.8 Å². The average molecular weight is 744 g/mol. The molecule has 11 rings (SSSR count). The molecule has 1 spiro atoms. The third-order valence-corrected chi connectivity index (χ3v) is 11.8. The van der Waals surface area contributed by atoms with Crippen LogP contribution in [-0.2, 0) is 5.41 Å². The number of para-hydroxylation sites is 2. The summed E-state index contributed by atoms with van der Waals surface area (Å²) in [4.78, 5) is 15.3. The predicted molar refractivity (Wildman–Crippen MR) is 234 cm³/mol. The third kappa shape index (κ3) is 5.26. The van der Waals surface area contributed by atoms with Gasteiger partial charge in [-0.05, 0) is 100 Å². The minimum atomic E-state index is -0.641. The molecule has 58 heavy (non-hydrogen) atoms. The number of fused-ring (bicyclic) bond motifs is 9. The van der Waals surface area contributed by atoms with Crippen molar-refractivity contribution in [1.82, 2.24) is 15.0 Å². The van der Waals surface area contributed by atoms with Gasteiger partial charge in [0, 0.05) is 39.7 Å². The van der Waals surface area contributed by atoms with E-state index in [9.17, 15) is 0 Å². The summed E-state index contributed by atoms with van der Waals surface area (Å²) in [6.07, 6.45) is 1.96. The Labute approximate surface area is 338 Å². The molecule has 0 saturated heterocycles. The van der Waals surface area contributed by atoms with Crippen LogP contribution in [0.1, 0.15) is 33.5 Å². The van der Waals surface area contributed by atoms with Gasteiger partial charge in [-0.3, -0.25) is 4.98 Å². The van der Waals surface area contributed by atoms with Gasteiger partial charge in [-0.2, -0.15) is 0 Å². The van der Waals surface area contributed by atoms with E-state index in [2.05, 4.69) is 182 Å². The van der Waals surface area contributed by atoms with Crippen LogP contribution in [0.15, 0.2) is 188 Å². The molecule has 2 aromatic heterocycles. The normalized spacial score (nSPS) is 12.9. The van der Waals surface area contributed by atoms with Crippen LogP contribution in [-0.4, -0.2) is 15.0 Å². The fraction of sp³-hybridized carbons (Fsp3) is 0.0556. The van der Waals surface area contributed by atoms with Gasteiger partial charge in [0.1, 0.15) is 11.5 Å². The predicted octanol–water partition coefficient (Wildman–Crippen LogP) is 13.3. The van der Waals surface area contributed by atoms with E-state index in [1.54, 1.807) is 0 Å². The minimum absolute atomic E-state index is 0.641. The van der Waals surface area contributed by atoms with Gasteiger partial charge in [-0.15, -0.1) is 0 Å². The van der Waals surface area contributed by atoms with Crippen LogP contribution in [0.5, 0.6) is 11.5 Å². The van der Waals surface area contributed by atoms with Crippen molar-refractivity contribution in [2.75, 3.05) is 0 Å². The maximum Gasteiger partial charge on any atom is 0.161 e. The Morgan fingerprint density at radius 2 is 0.983 bits per heavy atom. The van der Waals surface area contributed by atoms with Crippen LogP contribution in [0.2, 0.25) is 0 Å².